The lowest BCUT2D eigenvalue weighted by atomic mass is 9.86. The summed E-state index contributed by atoms with van der Waals surface area (Å²) in [6, 6.07) is 5.74. The zero-order chi connectivity index (χ0) is 16.1. The predicted molar refractivity (Wildman–Crippen MR) is 92.4 cm³/mol. The maximum atomic E-state index is 12.1. The van der Waals surface area contributed by atoms with Crippen LogP contribution >= 0.6 is 23.2 Å². The molecule has 1 aliphatic carbocycles. The molecule has 0 aliphatic heterocycles. The quantitative estimate of drug-likeness (QED) is 0.835. The number of rotatable bonds is 5. The van der Waals surface area contributed by atoms with Gasteiger partial charge in [0.05, 0.1) is 6.54 Å². The molecule has 0 bridgehead atoms. The van der Waals surface area contributed by atoms with Crippen molar-refractivity contribution in [1.82, 2.24) is 10.6 Å². The maximum absolute atomic E-state index is 12.1. The highest BCUT2D eigenvalue weighted by Crippen LogP contribution is 2.26. The zero-order valence-electron chi connectivity index (χ0n) is 13.2. The molecule has 1 aromatic carbocycles. The van der Waals surface area contributed by atoms with Crippen LogP contribution in [0, 0.1) is 5.92 Å². The Kier molecular flexibility index (Phi) is 6.54. The van der Waals surface area contributed by atoms with Crippen molar-refractivity contribution in [3.05, 3.63) is 33.8 Å². The zero-order valence-corrected chi connectivity index (χ0v) is 14.7. The lowest BCUT2D eigenvalue weighted by Crippen LogP contribution is -2.45. The van der Waals surface area contributed by atoms with Gasteiger partial charge in [-0.1, -0.05) is 49.0 Å². The third-order valence-electron chi connectivity index (χ3n) is 4.46. The van der Waals surface area contributed by atoms with Gasteiger partial charge in [-0.15, -0.1) is 0 Å². The summed E-state index contributed by atoms with van der Waals surface area (Å²) in [7, 11) is 0. The van der Waals surface area contributed by atoms with Gasteiger partial charge in [0, 0.05) is 22.1 Å². The molecule has 5 heteroatoms. The molecule has 1 fully saturated rings. The van der Waals surface area contributed by atoms with E-state index in [0.29, 0.717) is 28.5 Å². The SMILES string of the molecule is C[C@H](NCC(=O)N[C@H]1CCCC[C@H]1C)c1ccc(Cl)cc1Cl. The third kappa shape index (κ3) is 4.87. The normalized spacial score (nSPS) is 23.1. The first-order valence-electron chi connectivity index (χ1n) is 7.95. The van der Waals surface area contributed by atoms with Gasteiger partial charge in [-0.05, 0) is 43.4 Å². The van der Waals surface area contributed by atoms with E-state index >= 15 is 0 Å². The lowest BCUT2D eigenvalue weighted by Gasteiger charge is -2.29. The molecule has 1 saturated carbocycles. The average molecular weight is 343 g/mol. The smallest absolute Gasteiger partial charge is 0.234 e. The summed E-state index contributed by atoms with van der Waals surface area (Å²) in [5.41, 5.74) is 0.949. The molecule has 0 heterocycles. The van der Waals surface area contributed by atoms with Crippen molar-refractivity contribution in [3.8, 4) is 0 Å². The molecule has 1 aliphatic rings. The summed E-state index contributed by atoms with van der Waals surface area (Å²) in [5.74, 6) is 0.622. The number of carbonyl (C=O) groups is 1. The minimum absolute atomic E-state index is 0.000652. The summed E-state index contributed by atoms with van der Waals surface area (Å²) in [5, 5.41) is 7.60. The van der Waals surface area contributed by atoms with E-state index in [0.717, 1.165) is 12.0 Å². The standard InChI is InChI=1S/C17H24Cl2N2O/c1-11-5-3-4-6-16(11)21-17(22)10-20-12(2)14-8-7-13(18)9-15(14)19/h7-9,11-12,16,20H,3-6,10H2,1-2H3,(H,21,22)/t11-,12+,16+/m1/s1. The Morgan fingerprint density at radius 1 is 1.32 bits per heavy atom. The molecule has 1 amide bonds. The number of hydrogen-bond acceptors (Lipinski definition) is 2. The van der Waals surface area contributed by atoms with Crippen molar-refractivity contribution < 1.29 is 4.79 Å². The maximum Gasteiger partial charge on any atom is 0.234 e. The number of benzene rings is 1. The molecule has 0 unspecified atom stereocenters. The summed E-state index contributed by atoms with van der Waals surface area (Å²) in [4.78, 5) is 12.1. The highest BCUT2D eigenvalue weighted by molar-refractivity contribution is 6.35. The molecule has 2 N–H and O–H groups in total. The van der Waals surface area contributed by atoms with Gasteiger partial charge in [0.15, 0.2) is 0 Å². The molecule has 3 atom stereocenters. The Morgan fingerprint density at radius 2 is 2.05 bits per heavy atom. The van der Waals surface area contributed by atoms with Gasteiger partial charge in [0.1, 0.15) is 0 Å². The first kappa shape index (κ1) is 17.6. The topological polar surface area (TPSA) is 41.1 Å². The van der Waals surface area contributed by atoms with Crippen LogP contribution in [-0.2, 0) is 4.79 Å². The van der Waals surface area contributed by atoms with Gasteiger partial charge in [0.2, 0.25) is 5.91 Å². The number of carbonyl (C=O) groups excluding carboxylic acids is 1. The summed E-state index contributed by atoms with van der Waals surface area (Å²) in [6.45, 7) is 4.50. The lowest BCUT2D eigenvalue weighted by molar-refractivity contribution is -0.121. The van der Waals surface area contributed by atoms with Crippen LogP contribution in [0.3, 0.4) is 0 Å². The van der Waals surface area contributed by atoms with Gasteiger partial charge in [-0.3, -0.25) is 4.79 Å². The van der Waals surface area contributed by atoms with Crippen molar-refractivity contribution in [3.63, 3.8) is 0 Å². The molecule has 0 saturated heterocycles. The van der Waals surface area contributed by atoms with Crippen LogP contribution in [0.15, 0.2) is 18.2 Å². The first-order chi connectivity index (χ1) is 10.5. The van der Waals surface area contributed by atoms with E-state index < -0.39 is 0 Å². The molecule has 0 aromatic heterocycles. The molecule has 0 radical (unpaired) electrons. The minimum atomic E-state index is -0.000652. The third-order valence-corrected chi connectivity index (χ3v) is 5.02. The Labute approximate surface area is 142 Å². The van der Waals surface area contributed by atoms with Crippen LogP contribution in [0.25, 0.3) is 0 Å². The van der Waals surface area contributed by atoms with Gasteiger partial charge >= 0.3 is 0 Å². The Balaban J connectivity index is 1.82. The molecule has 1 aromatic rings. The monoisotopic (exact) mass is 342 g/mol. The molecule has 122 valence electrons. The van der Waals surface area contributed by atoms with E-state index in [1.54, 1.807) is 6.07 Å². The number of hydrogen-bond donors (Lipinski definition) is 2. The Morgan fingerprint density at radius 3 is 2.73 bits per heavy atom. The second-order valence-corrected chi connectivity index (χ2v) is 7.05. The second kappa shape index (κ2) is 8.19. The fraction of sp³-hybridized carbons (Fsp3) is 0.588. The molecular weight excluding hydrogens is 319 g/mol. The van der Waals surface area contributed by atoms with E-state index in [2.05, 4.69) is 17.6 Å². The summed E-state index contributed by atoms with van der Waals surface area (Å²) in [6.07, 6.45) is 4.78. The van der Waals surface area contributed by atoms with Crippen LogP contribution in [0.1, 0.15) is 51.1 Å². The van der Waals surface area contributed by atoms with Crippen molar-refractivity contribution >= 4 is 29.1 Å². The fourth-order valence-corrected chi connectivity index (χ4v) is 3.57. The number of nitrogens with one attached hydrogen (secondary N) is 2. The van der Waals surface area contributed by atoms with E-state index in [1.807, 2.05) is 19.1 Å². The van der Waals surface area contributed by atoms with Gasteiger partial charge in [-0.2, -0.15) is 0 Å². The molecule has 2 rings (SSSR count). The Bertz CT molecular complexity index is 521. The van der Waals surface area contributed by atoms with Crippen molar-refractivity contribution in [2.45, 2.75) is 51.6 Å². The van der Waals surface area contributed by atoms with Crippen LogP contribution in [0.4, 0.5) is 0 Å². The fourth-order valence-electron chi connectivity index (χ4n) is 3.00. The minimum Gasteiger partial charge on any atom is -0.352 e. The highest BCUT2D eigenvalue weighted by atomic mass is 35.5. The molecule has 3 nitrogen and oxygen atoms in total. The molecular formula is C17H24Cl2N2O. The van der Waals surface area contributed by atoms with Gasteiger partial charge in [-0.25, -0.2) is 0 Å². The van der Waals surface area contributed by atoms with E-state index in [-0.39, 0.29) is 11.9 Å². The number of amides is 1. The average Bonchev–Trinajstić information content (AvgIpc) is 2.47. The van der Waals surface area contributed by atoms with Crippen LogP contribution < -0.4 is 10.6 Å². The van der Waals surface area contributed by atoms with Crippen LogP contribution in [0.5, 0.6) is 0 Å². The molecule has 0 spiro atoms. The van der Waals surface area contributed by atoms with E-state index in [9.17, 15) is 4.79 Å². The van der Waals surface area contributed by atoms with Crippen molar-refractivity contribution in [2.24, 2.45) is 5.92 Å². The van der Waals surface area contributed by atoms with Crippen LogP contribution in [0.2, 0.25) is 10.0 Å². The van der Waals surface area contributed by atoms with Gasteiger partial charge < -0.3 is 10.6 Å². The molecule has 22 heavy (non-hydrogen) atoms. The predicted octanol–water partition coefficient (Wildman–Crippen LogP) is 4.34. The largest absolute Gasteiger partial charge is 0.352 e. The summed E-state index contributed by atoms with van der Waals surface area (Å²) >= 11 is 12.1. The highest BCUT2D eigenvalue weighted by Gasteiger charge is 2.22. The number of halogens is 2. The summed E-state index contributed by atoms with van der Waals surface area (Å²) < 4.78 is 0. The van der Waals surface area contributed by atoms with Crippen LogP contribution in [-0.4, -0.2) is 18.5 Å². The van der Waals surface area contributed by atoms with E-state index in [4.69, 9.17) is 23.2 Å². The van der Waals surface area contributed by atoms with E-state index in [1.165, 1.54) is 19.3 Å². The Hall–Kier alpha value is -0.770. The first-order valence-corrected chi connectivity index (χ1v) is 8.70. The van der Waals surface area contributed by atoms with Gasteiger partial charge in [0.25, 0.3) is 0 Å². The van der Waals surface area contributed by atoms with Crippen molar-refractivity contribution in [1.29, 1.82) is 0 Å². The van der Waals surface area contributed by atoms with Crippen molar-refractivity contribution in [2.75, 3.05) is 6.54 Å². The second-order valence-electron chi connectivity index (χ2n) is 6.20.